The van der Waals surface area contributed by atoms with Crippen LogP contribution in [-0.2, 0) is 0 Å². The van der Waals surface area contributed by atoms with Crippen LogP contribution in [0.15, 0.2) is 12.2 Å². The van der Waals surface area contributed by atoms with Gasteiger partial charge in [-0.25, -0.2) is 0 Å². The molecule has 0 saturated carbocycles. The molecule has 1 nitrogen and oxygen atoms in total. The summed E-state index contributed by atoms with van der Waals surface area (Å²) in [6.45, 7) is 2.49. The van der Waals surface area contributed by atoms with Gasteiger partial charge in [0.2, 0.25) is 0 Å². The average Bonchev–Trinajstić information content (AvgIpc) is 2.14. The highest BCUT2D eigenvalue weighted by Gasteiger charge is 2.10. The maximum atomic E-state index is 5.59. The van der Waals surface area contributed by atoms with E-state index < -0.39 is 0 Å². The maximum Gasteiger partial charge on any atom is 0.0787 e. The third-order valence-electron chi connectivity index (χ3n) is 2.42. The fourth-order valence-corrected chi connectivity index (χ4v) is 1.80. The highest BCUT2D eigenvalue weighted by molar-refractivity contribution is 6.17. The Balaban J connectivity index is 1.95. The molecular formula is C10H19ClN+. The summed E-state index contributed by atoms with van der Waals surface area (Å²) in [5.41, 5.74) is 0. The van der Waals surface area contributed by atoms with Crippen LogP contribution in [0.25, 0.3) is 0 Å². The molecule has 1 aliphatic rings. The van der Waals surface area contributed by atoms with Crippen molar-refractivity contribution in [2.75, 3.05) is 19.0 Å². The molecule has 70 valence electrons. The molecule has 0 saturated heterocycles. The molecule has 0 amide bonds. The van der Waals surface area contributed by atoms with E-state index in [1.54, 1.807) is 0 Å². The van der Waals surface area contributed by atoms with Crippen LogP contribution in [-0.4, -0.2) is 19.0 Å². The van der Waals surface area contributed by atoms with E-state index >= 15 is 0 Å². The molecule has 2 N–H and O–H groups in total. The molecule has 1 rings (SSSR count). The average molecular weight is 189 g/mol. The van der Waals surface area contributed by atoms with Gasteiger partial charge in [0.15, 0.2) is 0 Å². The topological polar surface area (TPSA) is 16.6 Å². The Morgan fingerprint density at radius 2 is 2.33 bits per heavy atom. The number of allylic oxidation sites excluding steroid dienone is 2. The maximum absolute atomic E-state index is 5.59. The normalized spacial score (nSPS) is 22.9. The molecule has 0 unspecified atom stereocenters. The van der Waals surface area contributed by atoms with Gasteiger partial charge in [-0.2, -0.15) is 0 Å². The van der Waals surface area contributed by atoms with Crippen molar-refractivity contribution in [1.82, 2.24) is 0 Å². The van der Waals surface area contributed by atoms with Crippen LogP contribution in [0, 0.1) is 5.92 Å². The van der Waals surface area contributed by atoms with Gasteiger partial charge >= 0.3 is 0 Å². The molecule has 1 aliphatic carbocycles. The number of rotatable bonds is 5. The van der Waals surface area contributed by atoms with Crippen molar-refractivity contribution in [3.05, 3.63) is 12.2 Å². The summed E-state index contributed by atoms with van der Waals surface area (Å²) < 4.78 is 0. The highest BCUT2D eigenvalue weighted by Crippen LogP contribution is 2.15. The van der Waals surface area contributed by atoms with Gasteiger partial charge in [0, 0.05) is 18.2 Å². The second-order valence-electron chi connectivity index (χ2n) is 3.51. The Kier molecular flexibility index (Phi) is 5.46. The first kappa shape index (κ1) is 10.1. The van der Waals surface area contributed by atoms with Crippen LogP contribution in [0.4, 0.5) is 0 Å². The van der Waals surface area contributed by atoms with Crippen molar-refractivity contribution in [3.8, 4) is 0 Å². The molecule has 0 aromatic rings. The molecule has 0 aromatic carbocycles. The van der Waals surface area contributed by atoms with Crippen molar-refractivity contribution >= 4 is 11.6 Å². The van der Waals surface area contributed by atoms with Gasteiger partial charge in [-0.05, 0) is 19.3 Å². The first-order valence-electron chi connectivity index (χ1n) is 4.96. The zero-order valence-corrected chi connectivity index (χ0v) is 8.39. The Labute approximate surface area is 80.2 Å². The molecule has 0 heterocycles. The predicted molar refractivity (Wildman–Crippen MR) is 53.5 cm³/mol. The van der Waals surface area contributed by atoms with E-state index in [9.17, 15) is 0 Å². The van der Waals surface area contributed by atoms with Crippen molar-refractivity contribution in [2.45, 2.75) is 25.7 Å². The quantitative estimate of drug-likeness (QED) is 0.383. The summed E-state index contributed by atoms with van der Waals surface area (Å²) in [5, 5.41) is 2.41. The molecule has 1 atom stereocenters. The Morgan fingerprint density at radius 1 is 1.42 bits per heavy atom. The van der Waals surface area contributed by atoms with Gasteiger partial charge in [0.25, 0.3) is 0 Å². The third-order valence-corrected chi connectivity index (χ3v) is 2.69. The minimum atomic E-state index is 0.807. The molecule has 0 aromatic heterocycles. The van der Waals surface area contributed by atoms with E-state index in [2.05, 4.69) is 17.5 Å². The van der Waals surface area contributed by atoms with Crippen LogP contribution in [0.5, 0.6) is 0 Å². The SMILES string of the molecule is ClCCC[NH2+]C[C@H]1CC=CCC1. The predicted octanol–water partition coefficient (Wildman–Crippen LogP) is 1.53. The highest BCUT2D eigenvalue weighted by atomic mass is 35.5. The van der Waals surface area contributed by atoms with Crippen molar-refractivity contribution in [3.63, 3.8) is 0 Å². The first-order chi connectivity index (χ1) is 5.93. The second-order valence-corrected chi connectivity index (χ2v) is 3.88. The van der Waals surface area contributed by atoms with Gasteiger partial charge in [0.1, 0.15) is 0 Å². The summed E-state index contributed by atoms with van der Waals surface area (Å²) in [4.78, 5) is 0. The van der Waals surface area contributed by atoms with E-state index in [-0.39, 0.29) is 0 Å². The lowest BCUT2D eigenvalue weighted by Gasteiger charge is -2.15. The zero-order valence-electron chi connectivity index (χ0n) is 7.64. The Hall–Kier alpha value is -0.0100. The van der Waals surface area contributed by atoms with Crippen molar-refractivity contribution in [2.24, 2.45) is 5.92 Å². The molecule has 0 aliphatic heterocycles. The first-order valence-corrected chi connectivity index (χ1v) is 5.49. The van der Waals surface area contributed by atoms with Gasteiger partial charge in [0.05, 0.1) is 13.1 Å². The largest absolute Gasteiger partial charge is 0.346 e. The molecule has 2 heteroatoms. The monoisotopic (exact) mass is 188 g/mol. The smallest absolute Gasteiger partial charge is 0.0787 e. The molecule has 12 heavy (non-hydrogen) atoms. The number of hydrogen-bond acceptors (Lipinski definition) is 0. The van der Waals surface area contributed by atoms with Crippen LogP contribution < -0.4 is 5.32 Å². The van der Waals surface area contributed by atoms with E-state index in [0.717, 1.165) is 18.2 Å². The standard InChI is InChI=1S/C10H18ClN/c11-7-4-8-12-9-10-5-2-1-3-6-10/h1-2,10,12H,3-9H2/p+1/t10-/m0/s1. The summed E-state index contributed by atoms with van der Waals surface area (Å²) in [7, 11) is 0. The summed E-state index contributed by atoms with van der Waals surface area (Å²) in [6, 6.07) is 0. The zero-order chi connectivity index (χ0) is 8.65. The third kappa shape index (κ3) is 4.13. The van der Waals surface area contributed by atoms with Crippen molar-refractivity contribution < 1.29 is 5.32 Å². The second kappa shape index (κ2) is 6.50. The van der Waals surface area contributed by atoms with Crippen molar-refractivity contribution in [1.29, 1.82) is 0 Å². The number of alkyl halides is 1. The summed E-state index contributed by atoms with van der Waals surface area (Å²) >= 11 is 5.59. The Morgan fingerprint density at radius 3 is 3.00 bits per heavy atom. The lowest BCUT2D eigenvalue weighted by atomic mass is 9.94. The number of nitrogens with two attached hydrogens (primary N) is 1. The lowest BCUT2D eigenvalue weighted by molar-refractivity contribution is -0.660. The molecule has 0 spiro atoms. The number of hydrogen-bond donors (Lipinski definition) is 1. The van der Waals surface area contributed by atoms with Crippen LogP contribution in [0.2, 0.25) is 0 Å². The van der Waals surface area contributed by atoms with Crippen LogP contribution >= 0.6 is 11.6 Å². The minimum absolute atomic E-state index is 0.807. The van der Waals surface area contributed by atoms with Gasteiger partial charge in [-0.15, -0.1) is 11.6 Å². The molecule has 0 fully saturated rings. The fourth-order valence-electron chi connectivity index (χ4n) is 1.65. The molecule has 0 radical (unpaired) electrons. The van der Waals surface area contributed by atoms with Gasteiger partial charge in [-0.3, -0.25) is 0 Å². The lowest BCUT2D eigenvalue weighted by Crippen LogP contribution is -2.85. The Bertz CT molecular complexity index is 134. The number of quaternary nitrogens is 1. The van der Waals surface area contributed by atoms with E-state index in [4.69, 9.17) is 11.6 Å². The van der Waals surface area contributed by atoms with E-state index in [1.807, 2.05) is 0 Å². The van der Waals surface area contributed by atoms with Gasteiger partial charge < -0.3 is 5.32 Å². The minimum Gasteiger partial charge on any atom is -0.346 e. The van der Waals surface area contributed by atoms with Crippen LogP contribution in [0.1, 0.15) is 25.7 Å². The summed E-state index contributed by atoms with van der Waals surface area (Å²) in [5.74, 6) is 1.73. The molecular weight excluding hydrogens is 170 g/mol. The van der Waals surface area contributed by atoms with Gasteiger partial charge in [-0.1, -0.05) is 12.2 Å². The summed E-state index contributed by atoms with van der Waals surface area (Å²) in [6.07, 6.45) is 9.72. The molecule has 0 bridgehead atoms. The fraction of sp³-hybridized carbons (Fsp3) is 0.800. The van der Waals surface area contributed by atoms with Crippen LogP contribution in [0.3, 0.4) is 0 Å². The van der Waals surface area contributed by atoms with E-state index in [1.165, 1.54) is 32.4 Å². The van der Waals surface area contributed by atoms with E-state index in [0.29, 0.717) is 0 Å². The number of halogens is 1.